The normalized spacial score (nSPS) is 11.8. The molecule has 0 aromatic carbocycles. The van der Waals surface area contributed by atoms with Crippen molar-refractivity contribution in [1.29, 1.82) is 0 Å². The van der Waals surface area contributed by atoms with Gasteiger partial charge < -0.3 is 16.2 Å². The predicted molar refractivity (Wildman–Crippen MR) is 65.8 cm³/mol. The summed E-state index contributed by atoms with van der Waals surface area (Å²) in [7, 11) is 0. The molecule has 0 aliphatic heterocycles. The van der Waals surface area contributed by atoms with Gasteiger partial charge in [0.2, 0.25) is 5.91 Å². The zero-order chi connectivity index (χ0) is 13.4. The molecule has 0 aliphatic carbocycles. The number of pyridine rings is 1. The number of hydrogen-bond donors (Lipinski definition) is 3. The smallest absolute Gasteiger partial charge is 0.320 e. The summed E-state index contributed by atoms with van der Waals surface area (Å²) in [5.41, 5.74) is 6.20. The van der Waals surface area contributed by atoms with E-state index < -0.39 is 12.0 Å². The number of aromatic nitrogens is 1. The van der Waals surface area contributed by atoms with Crippen LogP contribution in [0, 0.1) is 0 Å². The van der Waals surface area contributed by atoms with E-state index in [1.165, 1.54) is 0 Å². The van der Waals surface area contributed by atoms with Crippen LogP contribution in [0.3, 0.4) is 0 Å². The molecular weight excluding hydrogens is 234 g/mol. The molecular formula is C12H17N3O3. The minimum atomic E-state index is -1.09. The van der Waals surface area contributed by atoms with Gasteiger partial charge in [-0.05, 0) is 18.6 Å². The van der Waals surface area contributed by atoms with Crippen molar-refractivity contribution in [1.82, 2.24) is 10.3 Å². The summed E-state index contributed by atoms with van der Waals surface area (Å²) in [5.74, 6) is -1.28. The summed E-state index contributed by atoms with van der Waals surface area (Å²) in [6, 6.07) is 4.62. The Morgan fingerprint density at radius 2 is 2.22 bits per heavy atom. The Morgan fingerprint density at radius 3 is 2.83 bits per heavy atom. The van der Waals surface area contributed by atoms with Gasteiger partial charge in [0.05, 0.1) is 0 Å². The highest BCUT2D eigenvalue weighted by molar-refractivity contribution is 5.78. The second-order valence-corrected chi connectivity index (χ2v) is 3.90. The van der Waals surface area contributed by atoms with E-state index in [2.05, 4.69) is 10.3 Å². The van der Waals surface area contributed by atoms with Gasteiger partial charge in [-0.25, -0.2) is 0 Å². The molecule has 1 amide bonds. The first-order valence-electron chi connectivity index (χ1n) is 5.74. The average Bonchev–Trinajstić information content (AvgIpc) is 2.37. The SMILES string of the molecule is N[C@@H](CCC(=O)NCCc1ccccn1)C(=O)O. The Morgan fingerprint density at radius 1 is 1.44 bits per heavy atom. The summed E-state index contributed by atoms with van der Waals surface area (Å²) in [6.45, 7) is 0.484. The Kier molecular flexibility index (Phi) is 5.79. The van der Waals surface area contributed by atoms with E-state index in [9.17, 15) is 9.59 Å². The largest absolute Gasteiger partial charge is 0.480 e. The van der Waals surface area contributed by atoms with E-state index in [-0.39, 0.29) is 18.7 Å². The Bertz CT molecular complexity index is 395. The van der Waals surface area contributed by atoms with Crippen molar-refractivity contribution in [3.63, 3.8) is 0 Å². The van der Waals surface area contributed by atoms with Gasteiger partial charge in [-0.2, -0.15) is 0 Å². The van der Waals surface area contributed by atoms with E-state index in [4.69, 9.17) is 10.8 Å². The Hall–Kier alpha value is -1.95. The van der Waals surface area contributed by atoms with Crippen molar-refractivity contribution in [3.05, 3.63) is 30.1 Å². The quantitative estimate of drug-likeness (QED) is 0.629. The molecule has 1 rings (SSSR count). The summed E-state index contributed by atoms with van der Waals surface area (Å²) in [5, 5.41) is 11.3. The molecule has 98 valence electrons. The number of carboxylic acids is 1. The first-order valence-corrected chi connectivity index (χ1v) is 5.74. The third-order valence-electron chi connectivity index (χ3n) is 2.43. The zero-order valence-electron chi connectivity index (χ0n) is 10.0. The van der Waals surface area contributed by atoms with Gasteiger partial charge >= 0.3 is 5.97 Å². The third-order valence-corrected chi connectivity index (χ3v) is 2.43. The Balaban J connectivity index is 2.16. The number of aliphatic carboxylic acids is 1. The molecule has 0 bridgehead atoms. The molecule has 18 heavy (non-hydrogen) atoms. The van der Waals surface area contributed by atoms with Crippen molar-refractivity contribution >= 4 is 11.9 Å². The average molecular weight is 251 g/mol. The number of nitrogens with one attached hydrogen (secondary N) is 1. The van der Waals surface area contributed by atoms with Crippen LogP contribution in [-0.2, 0) is 16.0 Å². The van der Waals surface area contributed by atoms with E-state index in [0.29, 0.717) is 13.0 Å². The van der Waals surface area contributed by atoms with Crippen molar-refractivity contribution in [2.45, 2.75) is 25.3 Å². The van der Waals surface area contributed by atoms with E-state index in [1.807, 2.05) is 18.2 Å². The summed E-state index contributed by atoms with van der Waals surface area (Å²) >= 11 is 0. The molecule has 0 radical (unpaired) electrons. The van der Waals surface area contributed by atoms with Crippen molar-refractivity contribution in [2.75, 3.05) is 6.54 Å². The van der Waals surface area contributed by atoms with Gasteiger partial charge in [0.25, 0.3) is 0 Å². The Labute approximate surface area is 105 Å². The highest BCUT2D eigenvalue weighted by Gasteiger charge is 2.12. The van der Waals surface area contributed by atoms with Crippen LogP contribution < -0.4 is 11.1 Å². The lowest BCUT2D eigenvalue weighted by Crippen LogP contribution is -2.33. The monoisotopic (exact) mass is 251 g/mol. The van der Waals surface area contributed by atoms with E-state index in [1.54, 1.807) is 6.20 Å². The molecule has 0 saturated heterocycles. The summed E-state index contributed by atoms with van der Waals surface area (Å²) in [6.07, 6.45) is 2.61. The van der Waals surface area contributed by atoms with Crippen molar-refractivity contribution in [3.8, 4) is 0 Å². The van der Waals surface area contributed by atoms with Gasteiger partial charge in [-0.15, -0.1) is 0 Å². The number of carbonyl (C=O) groups is 2. The third kappa shape index (κ3) is 5.40. The van der Waals surface area contributed by atoms with Crippen molar-refractivity contribution < 1.29 is 14.7 Å². The molecule has 4 N–H and O–H groups in total. The molecule has 1 aromatic rings. The number of rotatable bonds is 7. The van der Waals surface area contributed by atoms with Crippen LogP contribution in [0.1, 0.15) is 18.5 Å². The lowest BCUT2D eigenvalue weighted by atomic mass is 10.1. The fourth-order valence-electron chi connectivity index (χ4n) is 1.37. The maximum absolute atomic E-state index is 11.4. The lowest BCUT2D eigenvalue weighted by molar-refractivity contribution is -0.138. The number of carboxylic acid groups (broad SMARTS) is 1. The molecule has 0 unspecified atom stereocenters. The standard InChI is InChI=1S/C12H17N3O3/c13-10(12(17)18)4-5-11(16)15-8-6-9-3-1-2-7-14-9/h1-3,7,10H,4-6,8,13H2,(H,15,16)(H,17,18)/t10-/m0/s1. The molecule has 0 aliphatic rings. The minimum Gasteiger partial charge on any atom is -0.480 e. The number of nitrogens with two attached hydrogens (primary N) is 1. The van der Waals surface area contributed by atoms with Gasteiger partial charge in [0.1, 0.15) is 6.04 Å². The van der Waals surface area contributed by atoms with Gasteiger partial charge in [-0.1, -0.05) is 6.07 Å². The minimum absolute atomic E-state index is 0.121. The van der Waals surface area contributed by atoms with Gasteiger partial charge in [0, 0.05) is 31.3 Å². The highest BCUT2D eigenvalue weighted by Crippen LogP contribution is 1.96. The van der Waals surface area contributed by atoms with Crippen molar-refractivity contribution in [2.24, 2.45) is 5.73 Å². The molecule has 0 spiro atoms. The van der Waals surface area contributed by atoms with Gasteiger partial charge in [-0.3, -0.25) is 14.6 Å². The van der Waals surface area contributed by atoms with Crippen LogP contribution in [-0.4, -0.2) is 34.6 Å². The predicted octanol–water partition coefficient (Wildman–Crippen LogP) is -0.0676. The molecule has 6 heteroatoms. The van der Waals surface area contributed by atoms with E-state index >= 15 is 0 Å². The molecule has 1 atom stereocenters. The van der Waals surface area contributed by atoms with Gasteiger partial charge in [0.15, 0.2) is 0 Å². The second kappa shape index (κ2) is 7.39. The number of nitrogens with zero attached hydrogens (tertiary/aromatic N) is 1. The fourth-order valence-corrected chi connectivity index (χ4v) is 1.37. The first-order chi connectivity index (χ1) is 8.59. The maximum Gasteiger partial charge on any atom is 0.320 e. The molecule has 0 saturated carbocycles. The highest BCUT2D eigenvalue weighted by atomic mass is 16.4. The number of amides is 1. The molecule has 6 nitrogen and oxygen atoms in total. The summed E-state index contributed by atoms with van der Waals surface area (Å²) < 4.78 is 0. The number of carbonyl (C=O) groups excluding carboxylic acids is 1. The molecule has 1 heterocycles. The topological polar surface area (TPSA) is 105 Å². The van der Waals surface area contributed by atoms with E-state index in [0.717, 1.165) is 5.69 Å². The van der Waals surface area contributed by atoms with Crippen LogP contribution >= 0.6 is 0 Å². The van der Waals surface area contributed by atoms with Crippen LogP contribution in [0.15, 0.2) is 24.4 Å². The summed E-state index contributed by atoms with van der Waals surface area (Å²) in [4.78, 5) is 26.0. The number of hydrogen-bond acceptors (Lipinski definition) is 4. The van der Waals surface area contributed by atoms with Crippen LogP contribution in [0.2, 0.25) is 0 Å². The lowest BCUT2D eigenvalue weighted by Gasteiger charge is -2.07. The fraction of sp³-hybridized carbons (Fsp3) is 0.417. The maximum atomic E-state index is 11.4. The van der Waals surface area contributed by atoms with Crippen LogP contribution in [0.25, 0.3) is 0 Å². The molecule has 1 aromatic heterocycles. The molecule has 0 fully saturated rings. The van der Waals surface area contributed by atoms with Crippen LogP contribution in [0.4, 0.5) is 0 Å². The zero-order valence-corrected chi connectivity index (χ0v) is 10.0. The van der Waals surface area contributed by atoms with Crippen LogP contribution in [0.5, 0.6) is 0 Å². The second-order valence-electron chi connectivity index (χ2n) is 3.90. The first kappa shape index (κ1) is 14.1.